The minimum Gasteiger partial charge on any atom is -0.346 e. The summed E-state index contributed by atoms with van der Waals surface area (Å²) < 4.78 is 29.8. The van der Waals surface area contributed by atoms with Gasteiger partial charge in [-0.2, -0.15) is 0 Å². The van der Waals surface area contributed by atoms with Crippen LogP contribution in [0.25, 0.3) is 22.2 Å². The zero-order valence-corrected chi connectivity index (χ0v) is 19.9. The normalized spacial score (nSPS) is 11.3. The number of hydrogen-bond acceptors (Lipinski definition) is 3. The van der Waals surface area contributed by atoms with E-state index in [1.54, 1.807) is 24.9 Å². The molecule has 3 aromatic heterocycles. The van der Waals surface area contributed by atoms with Gasteiger partial charge in [0.15, 0.2) is 17.4 Å². The Kier molecular flexibility index (Phi) is 6.10. The van der Waals surface area contributed by atoms with E-state index >= 15 is 0 Å². The lowest BCUT2D eigenvalue weighted by atomic mass is 9.99. The van der Waals surface area contributed by atoms with Crippen molar-refractivity contribution in [3.8, 4) is 11.1 Å². The molecule has 3 heterocycles. The summed E-state index contributed by atoms with van der Waals surface area (Å²) in [5.74, 6) is -2.18. The number of aryl methyl sites for hydroxylation is 1. The molecule has 0 aliphatic heterocycles. The Morgan fingerprint density at radius 3 is 2.67 bits per heavy atom. The van der Waals surface area contributed by atoms with Crippen molar-refractivity contribution in [1.82, 2.24) is 19.3 Å². The molecule has 0 aliphatic rings. The van der Waals surface area contributed by atoms with Crippen LogP contribution in [0.4, 0.5) is 8.78 Å². The number of carbonyl (C=O) groups excluding carboxylic acids is 1. The molecule has 0 amide bonds. The number of nitrogens with one attached hydrogen (secondary N) is 1. The van der Waals surface area contributed by atoms with Crippen molar-refractivity contribution in [3.05, 3.63) is 111 Å². The first-order chi connectivity index (χ1) is 17.3. The molecule has 1 N–H and O–H groups in total. The van der Waals surface area contributed by atoms with Crippen LogP contribution in [0.1, 0.15) is 33.6 Å². The molecule has 2 aromatic carbocycles. The average molecular weight is 487 g/mol. The van der Waals surface area contributed by atoms with Crippen LogP contribution in [0, 0.1) is 18.6 Å². The van der Waals surface area contributed by atoms with Crippen LogP contribution >= 0.6 is 0 Å². The third-order valence-electron chi connectivity index (χ3n) is 6.58. The number of Topliss-reactive ketones (excluding diaryl/α,β-unsaturated/α-hetero) is 1. The van der Waals surface area contributed by atoms with E-state index in [9.17, 15) is 18.4 Å². The third-order valence-corrected chi connectivity index (χ3v) is 6.58. The summed E-state index contributed by atoms with van der Waals surface area (Å²) in [6, 6.07) is 15.4. The number of aromatic nitrogens is 4. The van der Waals surface area contributed by atoms with Crippen LogP contribution in [0.3, 0.4) is 0 Å². The lowest BCUT2D eigenvalue weighted by Crippen LogP contribution is -2.25. The predicted octanol–water partition coefficient (Wildman–Crippen LogP) is 5.18. The molecule has 0 bridgehead atoms. The number of benzene rings is 2. The fraction of sp³-hybridized carbons (Fsp3) is 0.179. The molecule has 6 nitrogen and oxygen atoms in total. The minimum atomic E-state index is -0.978. The third kappa shape index (κ3) is 4.26. The number of halogens is 2. The molecule has 0 saturated heterocycles. The first kappa shape index (κ1) is 23.4. The van der Waals surface area contributed by atoms with Crippen molar-refractivity contribution < 1.29 is 13.6 Å². The molecule has 0 aliphatic carbocycles. The second kappa shape index (κ2) is 9.37. The van der Waals surface area contributed by atoms with Crippen LogP contribution < -0.4 is 5.56 Å². The molecule has 8 heteroatoms. The molecule has 0 fully saturated rings. The maximum absolute atomic E-state index is 13.6. The molecule has 0 radical (unpaired) electrons. The van der Waals surface area contributed by atoms with Gasteiger partial charge in [0.05, 0.1) is 6.54 Å². The van der Waals surface area contributed by atoms with Crippen LogP contribution in [0.15, 0.2) is 71.8 Å². The number of fused-ring (bicyclic) bond motifs is 1. The van der Waals surface area contributed by atoms with Crippen LogP contribution in [-0.2, 0) is 20.0 Å². The fourth-order valence-corrected chi connectivity index (χ4v) is 4.54. The zero-order valence-electron chi connectivity index (χ0n) is 19.9. The van der Waals surface area contributed by atoms with E-state index in [-0.39, 0.29) is 24.3 Å². The highest BCUT2D eigenvalue weighted by atomic mass is 19.2. The van der Waals surface area contributed by atoms with E-state index in [0.29, 0.717) is 17.7 Å². The predicted molar refractivity (Wildman–Crippen MR) is 134 cm³/mol. The van der Waals surface area contributed by atoms with E-state index in [1.807, 2.05) is 42.6 Å². The Bertz CT molecular complexity index is 1660. The standard InChI is InChI=1S/C28H24F2N4O2/c1-17-26(28(36)34(33(17)2)16-19-8-10-23(29)24(30)14-19)25(35)11-9-18-5-3-6-20(13-18)22-15-32-27-21(22)7-4-12-31-27/h3-8,10,12-15H,9,11,16H2,1-2H3,(H,31,32). The van der Waals surface area contributed by atoms with E-state index in [0.717, 1.165) is 39.9 Å². The second-order valence-electron chi connectivity index (χ2n) is 8.82. The van der Waals surface area contributed by atoms with Crippen molar-refractivity contribution in [2.75, 3.05) is 0 Å². The van der Waals surface area contributed by atoms with Crippen molar-refractivity contribution in [1.29, 1.82) is 0 Å². The first-order valence-electron chi connectivity index (χ1n) is 11.6. The molecule has 5 rings (SSSR count). The van der Waals surface area contributed by atoms with Crippen LogP contribution in [-0.4, -0.2) is 25.1 Å². The largest absolute Gasteiger partial charge is 0.346 e. The summed E-state index contributed by atoms with van der Waals surface area (Å²) >= 11 is 0. The Balaban J connectivity index is 1.35. The summed E-state index contributed by atoms with van der Waals surface area (Å²) in [5, 5.41) is 1.02. The number of hydrogen-bond donors (Lipinski definition) is 1. The SMILES string of the molecule is Cc1c(C(=O)CCc2cccc(-c3c[nH]c4ncccc34)c2)c(=O)n(Cc2ccc(F)c(F)c2)n1C. The molecule has 0 atom stereocenters. The van der Waals surface area contributed by atoms with Gasteiger partial charge >= 0.3 is 0 Å². The summed E-state index contributed by atoms with van der Waals surface area (Å²) in [7, 11) is 1.67. The number of aromatic amines is 1. The van der Waals surface area contributed by atoms with Gasteiger partial charge in [-0.05, 0) is 54.3 Å². The summed E-state index contributed by atoms with van der Waals surface area (Å²) in [4.78, 5) is 33.7. The summed E-state index contributed by atoms with van der Waals surface area (Å²) in [6.45, 7) is 1.74. The monoisotopic (exact) mass is 486 g/mol. The van der Waals surface area contributed by atoms with Crippen LogP contribution in [0.2, 0.25) is 0 Å². The van der Waals surface area contributed by atoms with Crippen molar-refractivity contribution in [2.24, 2.45) is 7.05 Å². The van der Waals surface area contributed by atoms with E-state index < -0.39 is 17.2 Å². The molecular formula is C28H24F2N4O2. The highest BCUT2D eigenvalue weighted by Crippen LogP contribution is 2.28. The maximum Gasteiger partial charge on any atom is 0.278 e. The molecule has 0 unspecified atom stereocenters. The molecule has 36 heavy (non-hydrogen) atoms. The topological polar surface area (TPSA) is 72.7 Å². The Hall–Kier alpha value is -4.33. The van der Waals surface area contributed by atoms with Crippen molar-refractivity contribution in [2.45, 2.75) is 26.3 Å². The molecule has 0 saturated carbocycles. The Labute approximate surface area is 205 Å². The zero-order chi connectivity index (χ0) is 25.4. The van der Waals surface area contributed by atoms with E-state index in [2.05, 4.69) is 9.97 Å². The number of carbonyl (C=O) groups is 1. The Morgan fingerprint density at radius 1 is 1.03 bits per heavy atom. The summed E-state index contributed by atoms with van der Waals surface area (Å²) in [5.41, 5.74) is 4.49. The number of nitrogens with zero attached hydrogens (tertiary/aromatic N) is 3. The maximum atomic E-state index is 13.6. The quantitative estimate of drug-likeness (QED) is 0.322. The number of ketones is 1. The van der Waals surface area contributed by atoms with Crippen molar-refractivity contribution in [3.63, 3.8) is 0 Å². The first-order valence-corrected chi connectivity index (χ1v) is 11.6. The smallest absolute Gasteiger partial charge is 0.278 e. The second-order valence-corrected chi connectivity index (χ2v) is 8.82. The molecule has 5 aromatic rings. The van der Waals surface area contributed by atoms with E-state index in [1.165, 1.54) is 10.7 Å². The average Bonchev–Trinajstić information content (AvgIpc) is 3.40. The van der Waals surface area contributed by atoms with Gasteiger partial charge in [0.2, 0.25) is 0 Å². The summed E-state index contributed by atoms with van der Waals surface area (Å²) in [6.07, 6.45) is 4.31. The molecule has 182 valence electrons. The number of H-pyrrole nitrogens is 1. The van der Waals surface area contributed by atoms with Gasteiger partial charge in [-0.25, -0.2) is 18.4 Å². The van der Waals surface area contributed by atoms with Gasteiger partial charge in [-0.15, -0.1) is 0 Å². The lowest BCUT2D eigenvalue weighted by molar-refractivity contribution is 0.0981. The highest BCUT2D eigenvalue weighted by Gasteiger charge is 2.21. The van der Waals surface area contributed by atoms with Crippen LogP contribution in [0.5, 0.6) is 0 Å². The Morgan fingerprint density at radius 2 is 1.86 bits per heavy atom. The number of pyridine rings is 1. The molecular weight excluding hydrogens is 462 g/mol. The van der Waals surface area contributed by atoms with Gasteiger partial charge in [0, 0.05) is 42.5 Å². The van der Waals surface area contributed by atoms with Crippen molar-refractivity contribution >= 4 is 16.8 Å². The van der Waals surface area contributed by atoms with Gasteiger partial charge in [0.1, 0.15) is 11.2 Å². The number of rotatable bonds is 7. The highest BCUT2D eigenvalue weighted by molar-refractivity contribution is 5.97. The van der Waals surface area contributed by atoms with Gasteiger partial charge < -0.3 is 4.98 Å². The van der Waals surface area contributed by atoms with E-state index in [4.69, 9.17) is 0 Å². The van der Waals surface area contributed by atoms with Gasteiger partial charge in [-0.1, -0.05) is 30.3 Å². The minimum absolute atomic E-state index is 0.0299. The fourth-order valence-electron chi connectivity index (χ4n) is 4.54. The van der Waals surface area contributed by atoms with Gasteiger partial charge in [-0.3, -0.25) is 14.3 Å². The molecule has 0 spiro atoms. The lowest BCUT2D eigenvalue weighted by Gasteiger charge is -2.08. The van der Waals surface area contributed by atoms with Gasteiger partial charge in [0.25, 0.3) is 5.56 Å².